The second-order valence-corrected chi connectivity index (χ2v) is 7.82. The fraction of sp³-hybridized carbons (Fsp3) is 0.565. The van der Waals surface area contributed by atoms with Crippen LogP contribution in [0.4, 0.5) is 0 Å². The van der Waals surface area contributed by atoms with Gasteiger partial charge < -0.3 is 15.3 Å². The summed E-state index contributed by atoms with van der Waals surface area (Å²) < 4.78 is 0. The first kappa shape index (κ1) is 23.6. The van der Waals surface area contributed by atoms with E-state index in [9.17, 15) is 24.3 Å². The highest BCUT2D eigenvalue weighted by molar-refractivity contribution is 5.92. The van der Waals surface area contributed by atoms with Crippen LogP contribution in [0, 0.1) is 0 Å². The van der Waals surface area contributed by atoms with Crippen molar-refractivity contribution in [1.29, 1.82) is 0 Å². The van der Waals surface area contributed by atoms with Crippen LogP contribution in [-0.4, -0.2) is 52.2 Å². The number of carbonyl (C=O) groups excluding carboxylic acids is 3. The Morgan fingerprint density at radius 2 is 1.83 bits per heavy atom. The number of ketones is 1. The molecule has 0 bridgehead atoms. The van der Waals surface area contributed by atoms with Gasteiger partial charge >= 0.3 is 5.97 Å². The average Bonchev–Trinajstić information content (AvgIpc) is 3.22. The first-order valence-electron chi connectivity index (χ1n) is 10.8. The Bertz CT molecular complexity index is 734. The fourth-order valence-corrected chi connectivity index (χ4v) is 3.77. The van der Waals surface area contributed by atoms with Crippen molar-refractivity contribution in [3.8, 4) is 0 Å². The molecule has 164 valence electrons. The number of carboxylic acid groups (broad SMARTS) is 1. The molecule has 1 aromatic carbocycles. The molecule has 0 spiro atoms. The minimum atomic E-state index is -1.01. The van der Waals surface area contributed by atoms with E-state index in [-0.39, 0.29) is 30.4 Å². The number of aliphatic carboxylic acids is 1. The third-order valence-electron chi connectivity index (χ3n) is 5.46. The summed E-state index contributed by atoms with van der Waals surface area (Å²) >= 11 is 0. The zero-order valence-corrected chi connectivity index (χ0v) is 17.6. The van der Waals surface area contributed by atoms with Gasteiger partial charge in [0.1, 0.15) is 6.04 Å². The number of carboxylic acids is 1. The molecule has 1 fully saturated rings. The molecule has 1 aromatic rings. The SMILES string of the molecule is CCCCCC(=O)NC(Cc1ccccc1)C(=O)CCC(=O)N1CCC[C@H]1C(=O)O. The Morgan fingerprint density at radius 3 is 2.50 bits per heavy atom. The van der Waals surface area contributed by atoms with E-state index in [0.29, 0.717) is 32.2 Å². The van der Waals surface area contributed by atoms with Crippen molar-refractivity contribution in [3.63, 3.8) is 0 Å². The van der Waals surface area contributed by atoms with Gasteiger partial charge in [0.2, 0.25) is 11.8 Å². The number of benzene rings is 1. The summed E-state index contributed by atoms with van der Waals surface area (Å²) in [6, 6.07) is 7.95. The van der Waals surface area contributed by atoms with Gasteiger partial charge in [0.25, 0.3) is 0 Å². The van der Waals surface area contributed by atoms with Gasteiger partial charge in [-0.2, -0.15) is 0 Å². The zero-order chi connectivity index (χ0) is 21.9. The zero-order valence-electron chi connectivity index (χ0n) is 17.6. The van der Waals surface area contributed by atoms with E-state index in [1.54, 1.807) is 0 Å². The van der Waals surface area contributed by atoms with E-state index in [2.05, 4.69) is 12.2 Å². The van der Waals surface area contributed by atoms with Crippen molar-refractivity contribution in [3.05, 3.63) is 35.9 Å². The smallest absolute Gasteiger partial charge is 0.326 e. The number of likely N-dealkylation sites (tertiary alicyclic amines) is 1. The van der Waals surface area contributed by atoms with Gasteiger partial charge in [-0.3, -0.25) is 14.4 Å². The highest BCUT2D eigenvalue weighted by Gasteiger charge is 2.34. The quantitative estimate of drug-likeness (QED) is 0.510. The summed E-state index contributed by atoms with van der Waals surface area (Å²) in [6.07, 6.45) is 4.52. The van der Waals surface area contributed by atoms with Gasteiger partial charge in [-0.05, 0) is 31.2 Å². The topological polar surface area (TPSA) is 104 Å². The van der Waals surface area contributed by atoms with Crippen molar-refractivity contribution in [1.82, 2.24) is 10.2 Å². The predicted molar refractivity (Wildman–Crippen MR) is 113 cm³/mol. The molecule has 2 N–H and O–H groups in total. The summed E-state index contributed by atoms with van der Waals surface area (Å²) in [5, 5.41) is 12.1. The number of hydrogen-bond acceptors (Lipinski definition) is 4. The number of nitrogens with one attached hydrogen (secondary N) is 1. The fourth-order valence-electron chi connectivity index (χ4n) is 3.77. The number of carbonyl (C=O) groups is 4. The van der Waals surface area contributed by atoms with Crippen molar-refractivity contribution >= 4 is 23.6 Å². The van der Waals surface area contributed by atoms with Crippen molar-refractivity contribution in [2.75, 3.05) is 6.54 Å². The molecule has 1 saturated heterocycles. The van der Waals surface area contributed by atoms with Gasteiger partial charge in [-0.15, -0.1) is 0 Å². The molecule has 0 saturated carbocycles. The summed E-state index contributed by atoms with van der Waals surface area (Å²) in [7, 11) is 0. The minimum absolute atomic E-state index is 0.0194. The average molecular weight is 417 g/mol. The Labute approximate surface area is 177 Å². The second-order valence-electron chi connectivity index (χ2n) is 7.82. The second kappa shape index (κ2) is 12.1. The molecule has 1 aliphatic rings. The van der Waals surface area contributed by atoms with E-state index in [0.717, 1.165) is 24.8 Å². The van der Waals surface area contributed by atoms with Crippen LogP contribution < -0.4 is 5.32 Å². The first-order chi connectivity index (χ1) is 14.4. The number of Topliss-reactive ketones (excluding diaryl/α,β-unsaturated/α-hetero) is 1. The van der Waals surface area contributed by atoms with Crippen molar-refractivity contribution in [2.24, 2.45) is 0 Å². The van der Waals surface area contributed by atoms with Crippen LogP contribution in [0.25, 0.3) is 0 Å². The molecule has 30 heavy (non-hydrogen) atoms. The molecule has 0 aliphatic carbocycles. The van der Waals surface area contributed by atoms with Crippen LogP contribution in [0.15, 0.2) is 30.3 Å². The van der Waals surface area contributed by atoms with E-state index in [1.807, 2.05) is 30.3 Å². The van der Waals surface area contributed by atoms with Crippen LogP contribution >= 0.6 is 0 Å². The van der Waals surface area contributed by atoms with Crippen molar-refractivity contribution in [2.45, 2.75) is 76.8 Å². The van der Waals surface area contributed by atoms with E-state index in [1.165, 1.54) is 4.90 Å². The molecule has 1 aliphatic heterocycles. The Hall–Kier alpha value is -2.70. The molecular formula is C23H32N2O5. The van der Waals surface area contributed by atoms with Crippen molar-refractivity contribution < 1.29 is 24.3 Å². The molecule has 1 heterocycles. The molecule has 7 heteroatoms. The van der Waals surface area contributed by atoms with E-state index < -0.39 is 18.1 Å². The maximum atomic E-state index is 12.8. The van der Waals surface area contributed by atoms with E-state index >= 15 is 0 Å². The molecular weight excluding hydrogens is 384 g/mol. The summed E-state index contributed by atoms with van der Waals surface area (Å²) in [5.41, 5.74) is 0.932. The maximum Gasteiger partial charge on any atom is 0.326 e. The van der Waals surface area contributed by atoms with Gasteiger partial charge in [-0.25, -0.2) is 4.79 Å². The maximum absolute atomic E-state index is 12.8. The normalized spacial score (nSPS) is 16.8. The molecule has 7 nitrogen and oxygen atoms in total. The highest BCUT2D eigenvalue weighted by atomic mass is 16.4. The molecule has 2 amide bonds. The van der Waals surface area contributed by atoms with Crippen LogP contribution in [-0.2, 0) is 25.6 Å². The summed E-state index contributed by atoms with van der Waals surface area (Å²) in [6.45, 7) is 2.47. The third-order valence-corrected chi connectivity index (χ3v) is 5.46. The van der Waals surface area contributed by atoms with Crippen LogP contribution in [0.2, 0.25) is 0 Å². The third kappa shape index (κ3) is 7.28. The largest absolute Gasteiger partial charge is 0.480 e. The monoisotopic (exact) mass is 416 g/mol. The standard InChI is InChI=1S/C23H32N2O5/c1-2-3-5-12-21(27)24-18(16-17-9-6-4-7-10-17)20(26)13-14-22(28)25-15-8-11-19(25)23(29)30/h4,6-7,9-10,18-19H,2-3,5,8,11-16H2,1H3,(H,24,27)(H,29,30)/t18?,19-/m0/s1. The Kier molecular flexibility index (Phi) is 9.51. The van der Waals surface area contributed by atoms with Gasteiger partial charge in [0.15, 0.2) is 5.78 Å². The molecule has 1 unspecified atom stereocenters. The number of unbranched alkanes of at least 4 members (excludes halogenated alkanes) is 2. The predicted octanol–water partition coefficient (Wildman–Crippen LogP) is 2.72. The highest BCUT2D eigenvalue weighted by Crippen LogP contribution is 2.19. The van der Waals surface area contributed by atoms with Gasteiger partial charge in [-0.1, -0.05) is 50.1 Å². The van der Waals surface area contributed by atoms with Crippen LogP contribution in [0.1, 0.15) is 63.9 Å². The van der Waals surface area contributed by atoms with Gasteiger partial charge in [0, 0.05) is 25.8 Å². The lowest BCUT2D eigenvalue weighted by atomic mass is 9.99. The molecule has 0 radical (unpaired) electrons. The lowest BCUT2D eigenvalue weighted by Gasteiger charge is -2.22. The van der Waals surface area contributed by atoms with Crippen LogP contribution in [0.3, 0.4) is 0 Å². The minimum Gasteiger partial charge on any atom is -0.480 e. The number of rotatable bonds is 12. The number of nitrogens with zero attached hydrogens (tertiary/aromatic N) is 1. The molecule has 2 rings (SSSR count). The molecule has 2 atom stereocenters. The number of hydrogen-bond donors (Lipinski definition) is 2. The summed E-state index contributed by atoms with van der Waals surface area (Å²) in [4.78, 5) is 50.2. The number of amides is 2. The lowest BCUT2D eigenvalue weighted by Crippen LogP contribution is -2.43. The lowest BCUT2D eigenvalue weighted by molar-refractivity contribution is -0.148. The van der Waals surface area contributed by atoms with Gasteiger partial charge in [0.05, 0.1) is 6.04 Å². The molecule has 0 aromatic heterocycles. The Balaban J connectivity index is 1.96. The van der Waals surface area contributed by atoms with E-state index in [4.69, 9.17) is 0 Å². The van der Waals surface area contributed by atoms with Crippen LogP contribution in [0.5, 0.6) is 0 Å². The Morgan fingerprint density at radius 1 is 1.10 bits per heavy atom. The summed E-state index contributed by atoms with van der Waals surface area (Å²) in [5.74, 6) is -1.69. The first-order valence-corrected chi connectivity index (χ1v) is 10.8.